The molecule has 0 radical (unpaired) electrons. The predicted molar refractivity (Wildman–Crippen MR) is 118 cm³/mol. The van der Waals surface area contributed by atoms with E-state index in [1.807, 2.05) is 12.4 Å². The number of para-hydroxylation sites is 1. The summed E-state index contributed by atoms with van der Waals surface area (Å²) < 4.78 is 0. The lowest BCUT2D eigenvalue weighted by Gasteiger charge is -2.28. The molecule has 0 unspecified atom stereocenters. The van der Waals surface area contributed by atoms with E-state index >= 15 is 0 Å². The van der Waals surface area contributed by atoms with Gasteiger partial charge in [-0.15, -0.1) is 0 Å². The average molecular weight is 373 g/mol. The maximum Gasteiger partial charge on any atom is 0.0838 e. The summed E-state index contributed by atoms with van der Waals surface area (Å²) in [4.78, 5) is 11.6. The van der Waals surface area contributed by atoms with E-state index in [0.717, 1.165) is 26.1 Å². The van der Waals surface area contributed by atoms with Gasteiger partial charge in [0.25, 0.3) is 0 Å². The van der Waals surface area contributed by atoms with Crippen LogP contribution in [0.25, 0.3) is 0 Å². The average Bonchev–Trinajstić information content (AvgIpc) is 2.83. The molecule has 0 saturated carbocycles. The molecule has 0 spiro atoms. The molecule has 144 valence electrons. The van der Waals surface area contributed by atoms with Gasteiger partial charge in [0, 0.05) is 24.1 Å². The maximum atomic E-state index is 4.47. The summed E-state index contributed by atoms with van der Waals surface area (Å²) in [7, 11) is 4.26. The number of fused-ring (bicyclic) bond motifs is 2. The fraction of sp³-hybridized carbons (Fsp3) is 0.292. The summed E-state index contributed by atoms with van der Waals surface area (Å²) in [6, 6.07) is 19.6. The molecule has 2 aromatic carbocycles. The fourth-order valence-electron chi connectivity index (χ4n) is 3.93. The molecule has 1 aromatic heterocycles. The first-order valence-corrected chi connectivity index (χ1v) is 9.92. The third kappa shape index (κ3) is 3.73. The van der Waals surface area contributed by atoms with Crippen LogP contribution in [0.2, 0.25) is 0 Å². The van der Waals surface area contributed by atoms with Crippen molar-refractivity contribution in [2.75, 3.05) is 37.0 Å². The van der Waals surface area contributed by atoms with Crippen LogP contribution in [-0.4, -0.2) is 37.1 Å². The monoisotopic (exact) mass is 372 g/mol. The van der Waals surface area contributed by atoms with Crippen LogP contribution in [0, 0.1) is 6.92 Å². The van der Waals surface area contributed by atoms with Crippen molar-refractivity contribution in [3.63, 3.8) is 0 Å². The summed E-state index contributed by atoms with van der Waals surface area (Å²) in [5.41, 5.74) is 7.52. The molecule has 2 heterocycles. The molecular formula is C24H28N4. The fourth-order valence-corrected chi connectivity index (χ4v) is 3.93. The zero-order chi connectivity index (χ0) is 19.5. The van der Waals surface area contributed by atoms with Crippen molar-refractivity contribution in [1.29, 1.82) is 0 Å². The Labute approximate surface area is 168 Å². The SMILES string of the molecule is Cc1ccc2c(c1)CN(c1ccccc1)c1ccncc1N2CCCN(C)C. The van der Waals surface area contributed by atoms with E-state index in [2.05, 4.69) is 95.3 Å². The normalized spacial score (nSPS) is 13.3. The molecule has 0 fully saturated rings. The lowest BCUT2D eigenvalue weighted by Crippen LogP contribution is -2.23. The van der Waals surface area contributed by atoms with Crippen molar-refractivity contribution in [2.24, 2.45) is 0 Å². The topological polar surface area (TPSA) is 22.6 Å². The van der Waals surface area contributed by atoms with Crippen molar-refractivity contribution in [2.45, 2.75) is 19.9 Å². The van der Waals surface area contributed by atoms with Crippen molar-refractivity contribution >= 4 is 22.7 Å². The summed E-state index contributed by atoms with van der Waals surface area (Å²) >= 11 is 0. The van der Waals surface area contributed by atoms with Crippen LogP contribution in [0.5, 0.6) is 0 Å². The Kier molecular flexibility index (Phi) is 5.31. The Hall–Kier alpha value is -2.85. The van der Waals surface area contributed by atoms with Crippen LogP contribution >= 0.6 is 0 Å². The smallest absolute Gasteiger partial charge is 0.0838 e. The highest BCUT2D eigenvalue weighted by molar-refractivity contribution is 5.84. The molecule has 28 heavy (non-hydrogen) atoms. The number of anilines is 4. The number of rotatable bonds is 5. The van der Waals surface area contributed by atoms with Crippen LogP contribution in [0.3, 0.4) is 0 Å². The van der Waals surface area contributed by atoms with Crippen molar-refractivity contribution < 1.29 is 0 Å². The molecule has 0 aliphatic carbocycles. The van der Waals surface area contributed by atoms with Gasteiger partial charge in [-0.2, -0.15) is 0 Å². The van der Waals surface area contributed by atoms with Gasteiger partial charge in [-0.3, -0.25) is 4.98 Å². The number of benzene rings is 2. The molecule has 1 aliphatic heterocycles. The van der Waals surface area contributed by atoms with Crippen molar-refractivity contribution in [3.8, 4) is 0 Å². The quantitative estimate of drug-likeness (QED) is 0.619. The highest BCUT2D eigenvalue weighted by Gasteiger charge is 2.25. The van der Waals surface area contributed by atoms with Gasteiger partial charge in [0.1, 0.15) is 0 Å². The van der Waals surface area contributed by atoms with E-state index in [-0.39, 0.29) is 0 Å². The first kappa shape index (κ1) is 18.5. The first-order valence-electron chi connectivity index (χ1n) is 9.92. The Bertz CT molecular complexity index is 936. The molecule has 0 bridgehead atoms. The second kappa shape index (κ2) is 8.03. The minimum absolute atomic E-state index is 0.849. The minimum atomic E-state index is 0.849. The van der Waals surface area contributed by atoms with Gasteiger partial charge in [0.2, 0.25) is 0 Å². The van der Waals surface area contributed by atoms with E-state index in [1.54, 1.807) is 0 Å². The maximum absolute atomic E-state index is 4.47. The number of aryl methyl sites for hydroxylation is 1. The molecule has 4 heteroatoms. The number of pyridine rings is 1. The van der Waals surface area contributed by atoms with E-state index in [9.17, 15) is 0 Å². The molecule has 4 nitrogen and oxygen atoms in total. The molecule has 0 atom stereocenters. The summed E-state index contributed by atoms with van der Waals surface area (Å²) in [5, 5.41) is 0. The molecule has 3 aromatic rings. The Morgan fingerprint density at radius 1 is 0.964 bits per heavy atom. The van der Waals surface area contributed by atoms with Crippen molar-refractivity contribution in [3.05, 3.63) is 78.1 Å². The van der Waals surface area contributed by atoms with E-state index in [0.29, 0.717) is 0 Å². The lowest BCUT2D eigenvalue weighted by atomic mass is 10.1. The van der Waals surface area contributed by atoms with Gasteiger partial charge in [-0.25, -0.2) is 0 Å². The highest BCUT2D eigenvalue weighted by Crippen LogP contribution is 2.43. The predicted octanol–water partition coefficient (Wildman–Crippen LogP) is 5.13. The van der Waals surface area contributed by atoms with Crippen LogP contribution in [0.4, 0.5) is 22.7 Å². The highest BCUT2D eigenvalue weighted by atomic mass is 15.2. The van der Waals surface area contributed by atoms with Crippen LogP contribution in [0.15, 0.2) is 67.0 Å². The number of hydrogen-bond acceptors (Lipinski definition) is 4. The summed E-state index contributed by atoms with van der Waals surface area (Å²) in [6.07, 6.45) is 5.00. The third-order valence-corrected chi connectivity index (χ3v) is 5.27. The summed E-state index contributed by atoms with van der Waals surface area (Å²) in [5.74, 6) is 0. The van der Waals surface area contributed by atoms with Gasteiger partial charge in [-0.05, 0) is 63.8 Å². The molecule has 0 saturated heterocycles. The first-order chi connectivity index (χ1) is 13.6. The Balaban J connectivity index is 1.83. The van der Waals surface area contributed by atoms with E-state index in [4.69, 9.17) is 0 Å². The third-order valence-electron chi connectivity index (χ3n) is 5.27. The standard InChI is InChI=1S/C24H28N4/c1-19-10-11-22-20(16-19)18-28(21-8-5-4-6-9-21)23-12-13-25-17-24(23)27(22)15-7-14-26(2)3/h4-6,8-13,16-17H,7,14-15,18H2,1-3H3. The zero-order valence-corrected chi connectivity index (χ0v) is 17.0. The van der Waals surface area contributed by atoms with Crippen LogP contribution in [0.1, 0.15) is 17.5 Å². The van der Waals surface area contributed by atoms with Gasteiger partial charge < -0.3 is 14.7 Å². The van der Waals surface area contributed by atoms with E-state index in [1.165, 1.54) is 33.9 Å². The zero-order valence-electron chi connectivity index (χ0n) is 17.0. The number of aromatic nitrogens is 1. The number of hydrogen-bond donors (Lipinski definition) is 0. The van der Waals surface area contributed by atoms with Gasteiger partial charge in [0.05, 0.1) is 24.1 Å². The number of nitrogens with zero attached hydrogens (tertiary/aromatic N) is 4. The molecule has 4 rings (SSSR count). The minimum Gasteiger partial charge on any atom is -0.338 e. The van der Waals surface area contributed by atoms with Crippen LogP contribution in [-0.2, 0) is 6.54 Å². The second-order valence-electron chi connectivity index (χ2n) is 7.73. The van der Waals surface area contributed by atoms with Crippen LogP contribution < -0.4 is 9.80 Å². The largest absolute Gasteiger partial charge is 0.338 e. The molecule has 0 amide bonds. The van der Waals surface area contributed by atoms with Crippen molar-refractivity contribution in [1.82, 2.24) is 9.88 Å². The second-order valence-corrected chi connectivity index (χ2v) is 7.73. The van der Waals surface area contributed by atoms with Gasteiger partial charge >= 0.3 is 0 Å². The Morgan fingerprint density at radius 2 is 1.79 bits per heavy atom. The molecule has 1 aliphatic rings. The van der Waals surface area contributed by atoms with Gasteiger partial charge in [-0.1, -0.05) is 35.9 Å². The van der Waals surface area contributed by atoms with E-state index < -0.39 is 0 Å². The molecule has 0 N–H and O–H groups in total. The lowest BCUT2D eigenvalue weighted by molar-refractivity contribution is 0.402. The Morgan fingerprint density at radius 3 is 2.57 bits per heavy atom. The summed E-state index contributed by atoms with van der Waals surface area (Å²) in [6.45, 7) is 5.05. The van der Waals surface area contributed by atoms with Gasteiger partial charge in [0.15, 0.2) is 0 Å². The molecular weight excluding hydrogens is 344 g/mol.